The SMILES string of the molecule is CCOC(=O)C(N)C(=O)NCCC(CCC(=O)O)C(C)C. The fourth-order valence-corrected chi connectivity index (χ4v) is 1.95. The Morgan fingerprint density at radius 3 is 2.33 bits per heavy atom. The zero-order valence-corrected chi connectivity index (χ0v) is 12.9. The molecule has 0 aliphatic heterocycles. The van der Waals surface area contributed by atoms with Crippen LogP contribution in [0.3, 0.4) is 0 Å². The number of rotatable bonds is 10. The topological polar surface area (TPSA) is 119 Å². The predicted molar refractivity (Wildman–Crippen MR) is 77.4 cm³/mol. The van der Waals surface area contributed by atoms with Crippen LogP contribution in [0.4, 0.5) is 0 Å². The molecule has 0 radical (unpaired) electrons. The molecule has 2 atom stereocenters. The van der Waals surface area contributed by atoms with Gasteiger partial charge in [-0.15, -0.1) is 0 Å². The number of carboxylic acids is 1. The molecule has 0 fully saturated rings. The summed E-state index contributed by atoms with van der Waals surface area (Å²) in [7, 11) is 0. The largest absolute Gasteiger partial charge is 0.481 e. The van der Waals surface area contributed by atoms with Gasteiger partial charge in [0.25, 0.3) is 0 Å². The number of esters is 1. The fourth-order valence-electron chi connectivity index (χ4n) is 1.95. The van der Waals surface area contributed by atoms with Crippen LogP contribution in [0.1, 0.15) is 40.0 Å². The third-order valence-electron chi connectivity index (χ3n) is 3.31. The van der Waals surface area contributed by atoms with E-state index in [9.17, 15) is 14.4 Å². The highest BCUT2D eigenvalue weighted by Crippen LogP contribution is 2.20. The van der Waals surface area contributed by atoms with Crippen LogP contribution < -0.4 is 11.1 Å². The van der Waals surface area contributed by atoms with E-state index in [1.165, 1.54) is 0 Å². The van der Waals surface area contributed by atoms with Crippen molar-refractivity contribution in [1.29, 1.82) is 0 Å². The molecule has 0 heterocycles. The minimum absolute atomic E-state index is 0.110. The van der Waals surface area contributed by atoms with Gasteiger partial charge in [0.05, 0.1) is 6.61 Å². The molecule has 0 aromatic heterocycles. The lowest BCUT2D eigenvalue weighted by atomic mass is 9.88. The lowest BCUT2D eigenvalue weighted by Gasteiger charge is -2.20. The minimum Gasteiger partial charge on any atom is -0.481 e. The van der Waals surface area contributed by atoms with Gasteiger partial charge in [-0.2, -0.15) is 0 Å². The summed E-state index contributed by atoms with van der Waals surface area (Å²) in [6.45, 7) is 6.19. The van der Waals surface area contributed by atoms with Gasteiger partial charge in [-0.25, -0.2) is 4.79 Å². The summed E-state index contributed by atoms with van der Waals surface area (Å²) in [5.41, 5.74) is 5.46. The van der Waals surface area contributed by atoms with Crippen molar-refractivity contribution < 1.29 is 24.2 Å². The van der Waals surface area contributed by atoms with E-state index < -0.39 is 23.9 Å². The van der Waals surface area contributed by atoms with E-state index in [1.54, 1.807) is 6.92 Å². The van der Waals surface area contributed by atoms with Crippen molar-refractivity contribution in [3.63, 3.8) is 0 Å². The van der Waals surface area contributed by atoms with Crippen LogP contribution in [0.5, 0.6) is 0 Å². The highest BCUT2D eigenvalue weighted by Gasteiger charge is 2.23. The van der Waals surface area contributed by atoms with Crippen LogP contribution >= 0.6 is 0 Å². The summed E-state index contributed by atoms with van der Waals surface area (Å²) in [5.74, 6) is -1.63. The van der Waals surface area contributed by atoms with Gasteiger partial charge >= 0.3 is 11.9 Å². The first-order chi connectivity index (χ1) is 9.79. The van der Waals surface area contributed by atoms with E-state index in [1.807, 2.05) is 13.8 Å². The van der Waals surface area contributed by atoms with Crippen molar-refractivity contribution in [2.75, 3.05) is 13.2 Å². The number of amides is 1. The molecule has 122 valence electrons. The number of ether oxygens (including phenoxy) is 1. The number of carboxylic acid groups (broad SMARTS) is 1. The first kappa shape index (κ1) is 19.4. The molecular weight excluding hydrogens is 276 g/mol. The van der Waals surface area contributed by atoms with E-state index >= 15 is 0 Å². The van der Waals surface area contributed by atoms with E-state index in [0.29, 0.717) is 25.3 Å². The van der Waals surface area contributed by atoms with E-state index in [2.05, 4.69) is 10.1 Å². The molecule has 0 aromatic rings. The molecule has 0 rings (SSSR count). The molecule has 0 aliphatic rings. The molecule has 1 amide bonds. The maximum Gasteiger partial charge on any atom is 0.332 e. The predicted octanol–water partition coefficient (Wildman–Crippen LogP) is 0.520. The molecule has 21 heavy (non-hydrogen) atoms. The van der Waals surface area contributed by atoms with E-state index in [4.69, 9.17) is 10.8 Å². The molecule has 0 spiro atoms. The standard InChI is InChI=1S/C14H26N2O5/c1-4-21-14(20)12(15)13(19)16-8-7-10(9(2)3)5-6-11(17)18/h9-10,12H,4-8,15H2,1-3H3,(H,16,19)(H,17,18). The number of nitrogens with one attached hydrogen (secondary N) is 1. The zero-order valence-electron chi connectivity index (χ0n) is 12.9. The molecule has 7 heteroatoms. The summed E-state index contributed by atoms with van der Waals surface area (Å²) in [6, 6.07) is -1.32. The Morgan fingerprint density at radius 2 is 1.86 bits per heavy atom. The summed E-state index contributed by atoms with van der Waals surface area (Å²) >= 11 is 0. The van der Waals surface area contributed by atoms with Crippen LogP contribution in [-0.2, 0) is 19.1 Å². The number of aliphatic carboxylic acids is 1. The van der Waals surface area contributed by atoms with Crippen LogP contribution in [0.15, 0.2) is 0 Å². The van der Waals surface area contributed by atoms with Gasteiger partial charge in [0.15, 0.2) is 6.04 Å². The second-order valence-corrected chi connectivity index (χ2v) is 5.25. The molecule has 0 aliphatic carbocycles. The molecule has 4 N–H and O–H groups in total. The normalized spacial score (nSPS) is 13.6. The molecule has 0 bridgehead atoms. The molecule has 7 nitrogen and oxygen atoms in total. The molecular formula is C14H26N2O5. The summed E-state index contributed by atoms with van der Waals surface area (Å²) in [5, 5.41) is 11.3. The van der Waals surface area contributed by atoms with Crippen molar-refractivity contribution in [2.45, 2.75) is 46.1 Å². The van der Waals surface area contributed by atoms with Crippen molar-refractivity contribution >= 4 is 17.8 Å². The zero-order chi connectivity index (χ0) is 16.4. The van der Waals surface area contributed by atoms with Crippen LogP contribution in [-0.4, -0.2) is 42.1 Å². The van der Waals surface area contributed by atoms with Crippen molar-refractivity contribution in [3.05, 3.63) is 0 Å². The van der Waals surface area contributed by atoms with E-state index in [0.717, 1.165) is 0 Å². The monoisotopic (exact) mass is 302 g/mol. The van der Waals surface area contributed by atoms with Crippen molar-refractivity contribution in [3.8, 4) is 0 Å². The highest BCUT2D eigenvalue weighted by molar-refractivity contribution is 6.01. The van der Waals surface area contributed by atoms with Crippen molar-refractivity contribution in [1.82, 2.24) is 5.32 Å². The van der Waals surface area contributed by atoms with Gasteiger partial charge in [-0.3, -0.25) is 9.59 Å². The van der Waals surface area contributed by atoms with Gasteiger partial charge in [0.1, 0.15) is 0 Å². The summed E-state index contributed by atoms with van der Waals surface area (Å²) in [6.07, 6.45) is 1.32. The maximum absolute atomic E-state index is 11.6. The lowest BCUT2D eigenvalue weighted by Crippen LogP contribution is -2.47. The maximum atomic E-state index is 11.6. The Bertz CT molecular complexity index is 357. The highest BCUT2D eigenvalue weighted by atomic mass is 16.5. The van der Waals surface area contributed by atoms with E-state index in [-0.39, 0.29) is 18.9 Å². The second kappa shape index (κ2) is 10.1. The second-order valence-electron chi connectivity index (χ2n) is 5.25. The number of hydrogen-bond donors (Lipinski definition) is 3. The van der Waals surface area contributed by atoms with Crippen molar-refractivity contribution in [2.24, 2.45) is 17.6 Å². The molecule has 0 saturated heterocycles. The fraction of sp³-hybridized carbons (Fsp3) is 0.786. The van der Waals surface area contributed by atoms with Gasteiger partial charge in [0.2, 0.25) is 5.91 Å². The third kappa shape index (κ3) is 8.29. The van der Waals surface area contributed by atoms with Gasteiger partial charge in [0, 0.05) is 13.0 Å². The Hall–Kier alpha value is -1.63. The van der Waals surface area contributed by atoms with Gasteiger partial charge in [-0.05, 0) is 31.6 Å². The van der Waals surface area contributed by atoms with Crippen LogP contribution in [0.25, 0.3) is 0 Å². The van der Waals surface area contributed by atoms with Crippen LogP contribution in [0, 0.1) is 11.8 Å². The lowest BCUT2D eigenvalue weighted by molar-refractivity contribution is -0.148. The molecule has 0 aromatic carbocycles. The Kier molecular flexibility index (Phi) is 9.36. The first-order valence-electron chi connectivity index (χ1n) is 7.21. The molecule has 2 unspecified atom stereocenters. The summed E-state index contributed by atoms with van der Waals surface area (Å²) in [4.78, 5) is 33.5. The first-order valence-corrected chi connectivity index (χ1v) is 7.21. The van der Waals surface area contributed by atoms with Gasteiger partial charge < -0.3 is 20.9 Å². The van der Waals surface area contributed by atoms with Crippen LogP contribution in [0.2, 0.25) is 0 Å². The number of hydrogen-bond acceptors (Lipinski definition) is 5. The number of carbonyl (C=O) groups is 3. The average Bonchev–Trinajstić information content (AvgIpc) is 2.40. The minimum atomic E-state index is -1.32. The molecule has 0 saturated carbocycles. The smallest absolute Gasteiger partial charge is 0.332 e. The van der Waals surface area contributed by atoms with Gasteiger partial charge in [-0.1, -0.05) is 13.8 Å². The summed E-state index contributed by atoms with van der Waals surface area (Å²) < 4.78 is 4.67. The average molecular weight is 302 g/mol. The number of nitrogens with two attached hydrogens (primary N) is 1. The Balaban J connectivity index is 4.16. The quantitative estimate of drug-likeness (QED) is 0.400. The Morgan fingerprint density at radius 1 is 1.24 bits per heavy atom. The Labute approximate surface area is 125 Å². The third-order valence-corrected chi connectivity index (χ3v) is 3.31. The number of carbonyl (C=O) groups excluding carboxylic acids is 2.